The number of para-hydroxylation sites is 1. The van der Waals surface area contributed by atoms with Gasteiger partial charge in [0.05, 0.1) is 15.7 Å². The zero-order valence-electron chi connectivity index (χ0n) is 12.3. The van der Waals surface area contributed by atoms with E-state index < -0.39 is 0 Å². The first-order valence-electron chi connectivity index (χ1n) is 7.10. The lowest BCUT2D eigenvalue weighted by Crippen LogP contribution is -2.15. The van der Waals surface area contributed by atoms with Crippen LogP contribution in [0.3, 0.4) is 0 Å². The quantitative estimate of drug-likeness (QED) is 0.672. The molecule has 0 saturated carbocycles. The van der Waals surface area contributed by atoms with Crippen LogP contribution in [-0.2, 0) is 0 Å². The van der Waals surface area contributed by atoms with Crippen molar-refractivity contribution in [1.29, 1.82) is 0 Å². The highest BCUT2D eigenvalue weighted by Gasteiger charge is 2.05. The van der Waals surface area contributed by atoms with Crippen LogP contribution in [-0.4, -0.2) is 13.1 Å². The maximum atomic E-state index is 6.14. The molecule has 2 nitrogen and oxygen atoms in total. The van der Waals surface area contributed by atoms with Crippen molar-refractivity contribution in [3.8, 4) is 0 Å². The molecule has 0 spiro atoms. The second-order valence-electron chi connectivity index (χ2n) is 5.20. The van der Waals surface area contributed by atoms with Crippen molar-refractivity contribution in [3.63, 3.8) is 0 Å². The Kier molecular flexibility index (Phi) is 5.77. The summed E-state index contributed by atoms with van der Waals surface area (Å²) in [5.41, 5.74) is 3.38. The molecule has 4 heteroatoms. The zero-order chi connectivity index (χ0) is 15.2. The molecule has 0 aliphatic carbocycles. The van der Waals surface area contributed by atoms with E-state index in [1.165, 1.54) is 11.3 Å². The van der Waals surface area contributed by atoms with Gasteiger partial charge in [-0.1, -0.05) is 61.3 Å². The predicted octanol–water partition coefficient (Wildman–Crippen LogP) is 5.64. The number of hydrogen-bond acceptors (Lipinski definition) is 2. The van der Waals surface area contributed by atoms with Gasteiger partial charge >= 0.3 is 0 Å². The molecule has 0 unspecified atom stereocenters. The van der Waals surface area contributed by atoms with Crippen molar-refractivity contribution in [3.05, 3.63) is 58.1 Å². The van der Waals surface area contributed by atoms with Crippen molar-refractivity contribution in [2.75, 3.05) is 23.7 Å². The molecule has 2 N–H and O–H groups in total. The van der Waals surface area contributed by atoms with Crippen LogP contribution in [0.2, 0.25) is 10.0 Å². The third-order valence-corrected chi connectivity index (χ3v) is 4.11. The summed E-state index contributed by atoms with van der Waals surface area (Å²) >= 11 is 12.1. The molecule has 0 heterocycles. The van der Waals surface area contributed by atoms with Gasteiger partial charge in [-0.25, -0.2) is 0 Å². The average Bonchev–Trinajstić information content (AvgIpc) is 2.48. The Morgan fingerprint density at radius 2 is 1.48 bits per heavy atom. The van der Waals surface area contributed by atoms with Crippen molar-refractivity contribution in [2.24, 2.45) is 0 Å². The second kappa shape index (κ2) is 7.58. The Balaban J connectivity index is 1.89. The number of rotatable bonds is 6. The molecule has 112 valence electrons. The molecule has 0 fully saturated rings. The maximum Gasteiger partial charge on any atom is 0.0823 e. The molecule has 0 bridgehead atoms. The molecule has 0 amide bonds. The van der Waals surface area contributed by atoms with E-state index in [0.717, 1.165) is 18.8 Å². The van der Waals surface area contributed by atoms with E-state index in [2.05, 4.69) is 48.7 Å². The second-order valence-corrected chi connectivity index (χ2v) is 5.98. The topological polar surface area (TPSA) is 24.1 Å². The molecular weight excluding hydrogens is 303 g/mol. The Bertz CT molecular complexity index is 597. The van der Waals surface area contributed by atoms with Gasteiger partial charge in [0.2, 0.25) is 0 Å². The van der Waals surface area contributed by atoms with E-state index in [1.807, 2.05) is 12.1 Å². The summed E-state index contributed by atoms with van der Waals surface area (Å²) in [5, 5.41) is 7.89. The lowest BCUT2D eigenvalue weighted by molar-refractivity contribution is 0.865. The first-order valence-corrected chi connectivity index (χ1v) is 7.86. The zero-order valence-corrected chi connectivity index (χ0v) is 13.8. The van der Waals surface area contributed by atoms with Crippen LogP contribution in [0.15, 0.2) is 42.5 Å². The van der Waals surface area contributed by atoms with E-state index in [-0.39, 0.29) is 0 Å². The number of benzene rings is 2. The molecule has 0 saturated heterocycles. The Hall–Kier alpha value is -1.38. The fourth-order valence-electron chi connectivity index (χ4n) is 2.20. The van der Waals surface area contributed by atoms with Crippen molar-refractivity contribution in [1.82, 2.24) is 0 Å². The summed E-state index contributed by atoms with van der Waals surface area (Å²) in [6.07, 6.45) is 0. The summed E-state index contributed by atoms with van der Waals surface area (Å²) in [7, 11) is 0. The Morgan fingerprint density at radius 1 is 0.857 bits per heavy atom. The molecular formula is C17H20Cl2N2. The van der Waals surface area contributed by atoms with Gasteiger partial charge in [-0.15, -0.1) is 0 Å². The lowest BCUT2D eigenvalue weighted by atomic mass is 10.0. The summed E-state index contributed by atoms with van der Waals surface area (Å²) in [5.74, 6) is 0.504. The smallest absolute Gasteiger partial charge is 0.0823 e. The van der Waals surface area contributed by atoms with E-state index in [9.17, 15) is 0 Å². The van der Waals surface area contributed by atoms with Crippen LogP contribution in [0, 0.1) is 0 Å². The average molecular weight is 323 g/mol. The standard InChI is InChI=1S/C17H20Cl2N2/c1-12(2)13-6-3-4-8-15(13)20-10-11-21-16-9-5-7-14(18)17(16)19/h3-9,12,20-21H,10-11H2,1-2H3. The summed E-state index contributed by atoms with van der Waals surface area (Å²) < 4.78 is 0. The lowest BCUT2D eigenvalue weighted by Gasteiger charge is -2.15. The van der Waals surface area contributed by atoms with E-state index in [1.54, 1.807) is 6.07 Å². The minimum absolute atomic E-state index is 0.504. The summed E-state index contributed by atoms with van der Waals surface area (Å²) in [4.78, 5) is 0. The van der Waals surface area contributed by atoms with Crippen LogP contribution in [0.4, 0.5) is 11.4 Å². The third-order valence-electron chi connectivity index (χ3n) is 3.29. The van der Waals surface area contributed by atoms with Gasteiger partial charge in [0, 0.05) is 18.8 Å². The van der Waals surface area contributed by atoms with Gasteiger partial charge in [-0.3, -0.25) is 0 Å². The van der Waals surface area contributed by atoms with Crippen molar-refractivity contribution in [2.45, 2.75) is 19.8 Å². The summed E-state index contributed by atoms with van der Waals surface area (Å²) in [6, 6.07) is 14.0. The van der Waals surface area contributed by atoms with Crippen LogP contribution < -0.4 is 10.6 Å². The van der Waals surface area contributed by atoms with Gasteiger partial charge < -0.3 is 10.6 Å². The molecule has 2 aromatic carbocycles. The molecule has 0 aliphatic heterocycles. The normalized spacial score (nSPS) is 10.7. The molecule has 0 aliphatic rings. The molecule has 0 atom stereocenters. The van der Waals surface area contributed by atoms with Gasteiger partial charge in [-0.2, -0.15) is 0 Å². The van der Waals surface area contributed by atoms with Gasteiger partial charge in [0.25, 0.3) is 0 Å². The molecule has 2 rings (SSSR count). The van der Waals surface area contributed by atoms with E-state index >= 15 is 0 Å². The minimum atomic E-state index is 0.504. The number of halogens is 2. The highest BCUT2D eigenvalue weighted by molar-refractivity contribution is 6.43. The summed E-state index contributed by atoms with van der Waals surface area (Å²) in [6.45, 7) is 5.98. The van der Waals surface area contributed by atoms with Crippen LogP contribution in [0.25, 0.3) is 0 Å². The van der Waals surface area contributed by atoms with E-state index in [0.29, 0.717) is 16.0 Å². The number of nitrogens with one attached hydrogen (secondary N) is 2. The predicted molar refractivity (Wildman–Crippen MR) is 94.0 cm³/mol. The van der Waals surface area contributed by atoms with E-state index in [4.69, 9.17) is 23.2 Å². The fourth-order valence-corrected chi connectivity index (χ4v) is 2.56. The van der Waals surface area contributed by atoms with Gasteiger partial charge in [-0.05, 0) is 29.7 Å². The van der Waals surface area contributed by atoms with Crippen LogP contribution >= 0.6 is 23.2 Å². The third kappa shape index (κ3) is 4.29. The van der Waals surface area contributed by atoms with Crippen LogP contribution in [0.1, 0.15) is 25.3 Å². The monoisotopic (exact) mass is 322 g/mol. The molecule has 0 aromatic heterocycles. The molecule has 2 aromatic rings. The number of anilines is 2. The SMILES string of the molecule is CC(C)c1ccccc1NCCNc1cccc(Cl)c1Cl. The fraction of sp³-hybridized carbons (Fsp3) is 0.294. The first-order chi connectivity index (χ1) is 10.1. The van der Waals surface area contributed by atoms with Crippen molar-refractivity contribution >= 4 is 34.6 Å². The van der Waals surface area contributed by atoms with Crippen LogP contribution in [0.5, 0.6) is 0 Å². The largest absolute Gasteiger partial charge is 0.383 e. The Labute approximate surface area is 136 Å². The van der Waals surface area contributed by atoms with Gasteiger partial charge in [0.15, 0.2) is 0 Å². The molecule has 0 radical (unpaired) electrons. The maximum absolute atomic E-state index is 6.14. The van der Waals surface area contributed by atoms with Crippen molar-refractivity contribution < 1.29 is 0 Å². The first kappa shape index (κ1) is 16.0. The molecule has 21 heavy (non-hydrogen) atoms. The number of hydrogen-bond donors (Lipinski definition) is 2. The van der Waals surface area contributed by atoms with Gasteiger partial charge in [0.1, 0.15) is 0 Å². The highest BCUT2D eigenvalue weighted by atomic mass is 35.5. The Morgan fingerprint density at radius 3 is 2.19 bits per heavy atom. The minimum Gasteiger partial charge on any atom is -0.383 e. The highest BCUT2D eigenvalue weighted by Crippen LogP contribution is 2.29.